The van der Waals surface area contributed by atoms with Crippen molar-refractivity contribution in [3.05, 3.63) is 65.0 Å². The maximum atomic E-state index is 13.1. The third-order valence-electron chi connectivity index (χ3n) is 4.01. The number of hydrogen-bond acceptors (Lipinski definition) is 6. The van der Waals surface area contributed by atoms with E-state index < -0.39 is 10.0 Å². The molecule has 28 heavy (non-hydrogen) atoms. The summed E-state index contributed by atoms with van der Waals surface area (Å²) in [5, 5.41) is 17.4. The van der Waals surface area contributed by atoms with Crippen molar-refractivity contribution >= 4 is 21.6 Å². The Morgan fingerprint density at radius 3 is 2.61 bits per heavy atom. The van der Waals surface area contributed by atoms with Crippen LogP contribution in [-0.2, 0) is 16.6 Å². The molecule has 3 rings (SSSR count). The molecule has 0 atom stereocenters. The minimum atomic E-state index is -3.87. The van der Waals surface area contributed by atoms with Gasteiger partial charge in [0, 0.05) is 6.04 Å². The van der Waals surface area contributed by atoms with Crippen LogP contribution in [0.4, 0.5) is 0 Å². The molecule has 0 aliphatic carbocycles. The molecule has 2 aromatic carbocycles. The fourth-order valence-corrected chi connectivity index (χ4v) is 4.45. The molecule has 0 amide bonds. The third kappa shape index (κ3) is 4.07. The number of aromatic nitrogens is 2. The summed E-state index contributed by atoms with van der Waals surface area (Å²) < 4.78 is 33.1. The van der Waals surface area contributed by atoms with Crippen LogP contribution in [0.15, 0.2) is 57.8 Å². The van der Waals surface area contributed by atoms with Gasteiger partial charge in [-0.3, -0.25) is 0 Å². The van der Waals surface area contributed by atoms with E-state index >= 15 is 0 Å². The van der Waals surface area contributed by atoms with Crippen molar-refractivity contribution in [2.45, 2.75) is 31.3 Å². The normalized spacial score (nSPS) is 11.7. The van der Waals surface area contributed by atoms with Crippen LogP contribution in [-0.4, -0.2) is 29.0 Å². The number of rotatable bonds is 6. The quantitative estimate of drug-likeness (QED) is 0.604. The number of nitriles is 1. The van der Waals surface area contributed by atoms with Gasteiger partial charge < -0.3 is 4.42 Å². The Kier molecular flexibility index (Phi) is 5.79. The number of sulfonamides is 1. The summed E-state index contributed by atoms with van der Waals surface area (Å²) in [5.74, 6) is 0.358. The lowest BCUT2D eigenvalue weighted by Crippen LogP contribution is -2.36. The van der Waals surface area contributed by atoms with Gasteiger partial charge in [0.2, 0.25) is 21.8 Å². The lowest BCUT2D eigenvalue weighted by atomic mass is 10.2. The Morgan fingerprint density at radius 1 is 1.18 bits per heavy atom. The van der Waals surface area contributed by atoms with Gasteiger partial charge in [-0.2, -0.15) is 9.57 Å². The maximum absolute atomic E-state index is 13.1. The topological polar surface area (TPSA) is 100 Å². The van der Waals surface area contributed by atoms with Crippen molar-refractivity contribution in [1.29, 1.82) is 5.26 Å². The lowest BCUT2D eigenvalue weighted by Gasteiger charge is -2.24. The van der Waals surface area contributed by atoms with Gasteiger partial charge in [-0.15, -0.1) is 10.2 Å². The molecule has 0 unspecified atom stereocenters. The van der Waals surface area contributed by atoms with Crippen molar-refractivity contribution in [1.82, 2.24) is 14.5 Å². The molecular formula is C19H17ClN4O3S. The van der Waals surface area contributed by atoms with Crippen LogP contribution in [0, 0.1) is 11.3 Å². The average Bonchev–Trinajstić information content (AvgIpc) is 3.14. The van der Waals surface area contributed by atoms with Gasteiger partial charge in [0.25, 0.3) is 0 Å². The average molecular weight is 417 g/mol. The molecule has 0 aliphatic heterocycles. The standard InChI is InChI=1S/C19H17ClN4O3S/c1-13(2)24(28(25,26)15-7-5-6-14(10-15)11-21)12-18-22-23-19(27-18)16-8-3-4-9-17(16)20/h3-10,13H,12H2,1-2H3. The maximum Gasteiger partial charge on any atom is 0.249 e. The number of benzene rings is 2. The second-order valence-corrected chi connectivity index (χ2v) is 8.56. The van der Waals surface area contributed by atoms with E-state index in [0.717, 1.165) is 0 Å². The smallest absolute Gasteiger partial charge is 0.249 e. The highest BCUT2D eigenvalue weighted by atomic mass is 35.5. The van der Waals surface area contributed by atoms with Gasteiger partial charge >= 0.3 is 0 Å². The van der Waals surface area contributed by atoms with Gasteiger partial charge in [-0.25, -0.2) is 8.42 Å². The van der Waals surface area contributed by atoms with Crippen LogP contribution >= 0.6 is 11.6 Å². The monoisotopic (exact) mass is 416 g/mol. The Balaban J connectivity index is 1.92. The molecule has 144 valence electrons. The predicted molar refractivity (Wildman–Crippen MR) is 104 cm³/mol. The van der Waals surface area contributed by atoms with E-state index in [0.29, 0.717) is 10.6 Å². The van der Waals surface area contributed by atoms with Crippen molar-refractivity contribution in [2.24, 2.45) is 0 Å². The van der Waals surface area contributed by atoms with Crippen LogP contribution in [0.1, 0.15) is 25.3 Å². The van der Waals surface area contributed by atoms with Gasteiger partial charge in [-0.05, 0) is 44.2 Å². The fourth-order valence-electron chi connectivity index (χ4n) is 2.60. The summed E-state index contributed by atoms with van der Waals surface area (Å²) in [7, 11) is -3.87. The summed E-state index contributed by atoms with van der Waals surface area (Å²) >= 11 is 6.14. The van der Waals surface area contributed by atoms with E-state index in [1.54, 1.807) is 44.2 Å². The summed E-state index contributed by atoms with van der Waals surface area (Å²) in [4.78, 5) is 0.0334. The number of halogens is 1. The van der Waals surface area contributed by atoms with E-state index in [9.17, 15) is 8.42 Å². The van der Waals surface area contributed by atoms with Gasteiger partial charge in [0.15, 0.2) is 0 Å². The number of hydrogen-bond donors (Lipinski definition) is 0. The van der Waals surface area contributed by atoms with Crippen molar-refractivity contribution in [3.63, 3.8) is 0 Å². The first-order chi connectivity index (χ1) is 13.3. The Bertz CT molecular complexity index is 1140. The summed E-state index contributed by atoms with van der Waals surface area (Å²) in [6.07, 6.45) is 0. The van der Waals surface area contributed by atoms with Gasteiger partial charge in [0.05, 0.1) is 33.7 Å². The summed E-state index contributed by atoms with van der Waals surface area (Å²) in [5.41, 5.74) is 0.840. The highest BCUT2D eigenvalue weighted by Crippen LogP contribution is 2.27. The molecule has 0 radical (unpaired) electrons. The zero-order valence-electron chi connectivity index (χ0n) is 15.2. The Labute approximate surface area is 168 Å². The fraction of sp³-hybridized carbons (Fsp3) is 0.211. The zero-order valence-corrected chi connectivity index (χ0v) is 16.8. The molecule has 3 aromatic rings. The first kappa shape index (κ1) is 20.0. The van der Waals surface area contributed by atoms with Crippen LogP contribution in [0.3, 0.4) is 0 Å². The molecule has 0 spiro atoms. The van der Waals surface area contributed by atoms with Crippen LogP contribution in [0.25, 0.3) is 11.5 Å². The zero-order chi connectivity index (χ0) is 20.3. The van der Waals surface area contributed by atoms with Crippen LogP contribution in [0.5, 0.6) is 0 Å². The van der Waals surface area contributed by atoms with E-state index in [-0.39, 0.29) is 34.8 Å². The second-order valence-electron chi connectivity index (χ2n) is 6.26. The molecular weight excluding hydrogens is 400 g/mol. The molecule has 1 heterocycles. The SMILES string of the molecule is CC(C)N(Cc1nnc(-c2ccccc2Cl)o1)S(=O)(=O)c1cccc(C#N)c1. The molecule has 0 bridgehead atoms. The highest BCUT2D eigenvalue weighted by molar-refractivity contribution is 7.89. The molecule has 0 fully saturated rings. The molecule has 0 N–H and O–H groups in total. The Morgan fingerprint density at radius 2 is 1.93 bits per heavy atom. The predicted octanol–water partition coefficient (Wildman–Crippen LogP) is 3.86. The summed E-state index contributed by atoms with van der Waals surface area (Å²) in [6.45, 7) is 3.39. The largest absolute Gasteiger partial charge is 0.419 e. The molecule has 1 aromatic heterocycles. The van der Waals surface area contributed by atoms with E-state index in [1.807, 2.05) is 6.07 Å². The molecule has 0 saturated carbocycles. The van der Waals surface area contributed by atoms with Crippen LogP contribution in [0.2, 0.25) is 5.02 Å². The van der Waals surface area contributed by atoms with Crippen molar-refractivity contribution < 1.29 is 12.8 Å². The van der Waals surface area contributed by atoms with Crippen LogP contribution < -0.4 is 0 Å². The third-order valence-corrected chi connectivity index (χ3v) is 6.36. The molecule has 9 heteroatoms. The minimum absolute atomic E-state index is 0.0334. The minimum Gasteiger partial charge on any atom is -0.419 e. The van der Waals surface area contributed by atoms with Crippen molar-refractivity contribution in [3.8, 4) is 17.5 Å². The second kappa shape index (κ2) is 8.10. The van der Waals surface area contributed by atoms with E-state index in [4.69, 9.17) is 21.3 Å². The molecule has 7 nitrogen and oxygen atoms in total. The number of nitrogens with zero attached hydrogens (tertiary/aromatic N) is 4. The van der Waals surface area contributed by atoms with E-state index in [1.165, 1.54) is 22.5 Å². The van der Waals surface area contributed by atoms with Crippen molar-refractivity contribution in [2.75, 3.05) is 0 Å². The van der Waals surface area contributed by atoms with E-state index in [2.05, 4.69) is 10.2 Å². The highest BCUT2D eigenvalue weighted by Gasteiger charge is 2.29. The molecule has 0 aliphatic rings. The Hall–Kier alpha value is -2.73. The summed E-state index contributed by atoms with van der Waals surface area (Å²) in [6, 6.07) is 14.5. The first-order valence-corrected chi connectivity index (χ1v) is 10.2. The van der Waals surface area contributed by atoms with Gasteiger partial charge in [0.1, 0.15) is 0 Å². The molecule has 0 saturated heterocycles. The van der Waals surface area contributed by atoms with Gasteiger partial charge in [-0.1, -0.05) is 29.8 Å². The first-order valence-electron chi connectivity index (χ1n) is 8.42. The lowest BCUT2D eigenvalue weighted by molar-refractivity contribution is 0.313.